The van der Waals surface area contributed by atoms with Gasteiger partial charge in [-0.3, -0.25) is 38.9 Å². The van der Waals surface area contributed by atoms with Crippen molar-refractivity contribution in [1.29, 1.82) is 0 Å². The standard InChI is InChI=1S/C47H52N10O6/c58-41-7-6-39(44(60)51-41)57-45(61)34-5-4-33(23-35(34)46(57)62)54-20-14-47(15-21-54)12-8-29(9-13-47)26-53-18-10-32(11-19-53)56-27-31-22-38(40(24-37(31)52-56)63-28-30-2-3-30)50-43(59)36-25-49-55-17-1-16-48-42(36)55/h1,4-5,16-17,22-25,27,29-30,32,39H,2-3,6-15,18-21,26,28H2,(H,50,59)(H,51,58,60). The Kier molecular flexibility index (Phi) is 10.00. The van der Waals surface area contributed by atoms with Crippen molar-refractivity contribution in [3.63, 3.8) is 0 Å². The zero-order valence-corrected chi connectivity index (χ0v) is 35.3. The third kappa shape index (κ3) is 7.61. The molecule has 2 aliphatic carbocycles. The molecule has 63 heavy (non-hydrogen) atoms. The van der Waals surface area contributed by atoms with Gasteiger partial charge in [-0.05, 0) is 118 Å². The van der Waals surface area contributed by atoms with Crippen LogP contribution >= 0.6 is 0 Å². The molecule has 3 saturated heterocycles. The monoisotopic (exact) mass is 852 g/mol. The molecule has 3 aromatic heterocycles. The maximum Gasteiger partial charge on any atom is 0.262 e. The van der Waals surface area contributed by atoms with E-state index in [1.807, 2.05) is 24.3 Å². The van der Waals surface area contributed by atoms with Gasteiger partial charge in [0.05, 0.1) is 41.2 Å². The van der Waals surface area contributed by atoms with Gasteiger partial charge in [-0.25, -0.2) is 9.50 Å². The number of nitrogens with one attached hydrogen (secondary N) is 2. The van der Waals surface area contributed by atoms with Gasteiger partial charge in [-0.1, -0.05) is 0 Å². The summed E-state index contributed by atoms with van der Waals surface area (Å²) in [5.41, 5.74) is 4.32. The molecule has 1 unspecified atom stereocenters. The van der Waals surface area contributed by atoms with Gasteiger partial charge in [-0.15, -0.1) is 0 Å². The van der Waals surface area contributed by atoms with Crippen LogP contribution in [0.1, 0.15) is 114 Å². The Balaban J connectivity index is 0.672. The summed E-state index contributed by atoms with van der Waals surface area (Å²) in [6.07, 6.45) is 18.9. The molecule has 1 spiro atoms. The molecule has 0 radical (unpaired) electrons. The van der Waals surface area contributed by atoms with Crippen LogP contribution in [0.15, 0.2) is 61.2 Å². The first-order chi connectivity index (χ1) is 30.7. The molecule has 7 heterocycles. The van der Waals surface area contributed by atoms with Gasteiger partial charge in [0.1, 0.15) is 17.4 Å². The first-order valence-electron chi connectivity index (χ1n) is 22.8. The number of nitrogens with zero attached hydrogens (tertiary/aromatic N) is 8. The third-order valence-corrected chi connectivity index (χ3v) is 14.8. The van der Waals surface area contributed by atoms with E-state index in [1.54, 1.807) is 35.2 Å². The molecular formula is C47H52N10O6. The van der Waals surface area contributed by atoms with Crippen LogP contribution in [-0.4, -0.2) is 109 Å². The number of hydrogen-bond donors (Lipinski definition) is 2. The molecule has 1 atom stereocenters. The zero-order valence-electron chi connectivity index (χ0n) is 35.3. The highest BCUT2D eigenvalue weighted by Gasteiger charge is 2.45. The predicted molar refractivity (Wildman–Crippen MR) is 233 cm³/mol. The van der Waals surface area contributed by atoms with Crippen molar-refractivity contribution in [2.24, 2.45) is 17.3 Å². The average Bonchev–Trinajstić information content (AvgIpc) is 3.79. The quantitative estimate of drug-likeness (QED) is 0.167. The molecule has 5 fully saturated rings. The number of benzene rings is 2. The molecule has 2 saturated carbocycles. The highest BCUT2D eigenvalue weighted by molar-refractivity contribution is 6.23. The second-order valence-electron chi connectivity index (χ2n) is 18.8. The molecule has 16 heteroatoms. The minimum atomic E-state index is -0.960. The number of amides is 5. The summed E-state index contributed by atoms with van der Waals surface area (Å²) in [4.78, 5) is 74.7. The van der Waals surface area contributed by atoms with E-state index < -0.39 is 23.8 Å². The van der Waals surface area contributed by atoms with E-state index in [9.17, 15) is 24.0 Å². The molecule has 0 bridgehead atoms. The summed E-state index contributed by atoms with van der Waals surface area (Å²) in [5.74, 6) is -0.303. The Morgan fingerprint density at radius 3 is 2.44 bits per heavy atom. The maximum absolute atomic E-state index is 13.5. The minimum absolute atomic E-state index is 0.103. The Bertz CT molecular complexity index is 2640. The second kappa shape index (κ2) is 15.9. The number of fused-ring (bicyclic) bond motifs is 3. The number of carbonyl (C=O) groups excluding carboxylic acids is 5. The summed E-state index contributed by atoms with van der Waals surface area (Å²) in [5, 5.41) is 15.6. The van der Waals surface area contributed by atoms with Crippen LogP contribution in [0, 0.1) is 17.3 Å². The van der Waals surface area contributed by atoms with Crippen LogP contribution in [0.2, 0.25) is 0 Å². The lowest BCUT2D eigenvalue weighted by molar-refractivity contribution is -0.136. The molecule has 5 aromatic rings. The number of imide groups is 2. The van der Waals surface area contributed by atoms with Crippen LogP contribution in [0.25, 0.3) is 16.6 Å². The topological polar surface area (TPSA) is 176 Å². The largest absolute Gasteiger partial charge is 0.491 e. The normalized spacial score (nSPS) is 22.3. The summed E-state index contributed by atoms with van der Waals surface area (Å²) < 4.78 is 9.99. The van der Waals surface area contributed by atoms with Crippen LogP contribution in [-0.2, 0) is 9.59 Å². The predicted octanol–water partition coefficient (Wildman–Crippen LogP) is 5.64. The lowest BCUT2D eigenvalue weighted by Gasteiger charge is -2.47. The minimum Gasteiger partial charge on any atom is -0.491 e. The lowest BCUT2D eigenvalue weighted by Crippen LogP contribution is -2.54. The Morgan fingerprint density at radius 1 is 0.873 bits per heavy atom. The van der Waals surface area contributed by atoms with Gasteiger partial charge in [0.15, 0.2) is 5.65 Å². The Hall–Kier alpha value is -6.16. The summed E-state index contributed by atoms with van der Waals surface area (Å²) >= 11 is 0. The molecule has 5 amide bonds. The summed E-state index contributed by atoms with van der Waals surface area (Å²) in [6, 6.07) is 10.5. The van der Waals surface area contributed by atoms with E-state index in [4.69, 9.17) is 9.84 Å². The van der Waals surface area contributed by atoms with Gasteiger partial charge >= 0.3 is 0 Å². The fourth-order valence-electron chi connectivity index (χ4n) is 10.7. The van der Waals surface area contributed by atoms with Crippen molar-refractivity contribution >= 4 is 57.5 Å². The van der Waals surface area contributed by atoms with Crippen molar-refractivity contribution in [1.82, 2.24) is 39.5 Å². The number of hydrogen-bond acceptors (Lipinski definition) is 11. The van der Waals surface area contributed by atoms with Crippen molar-refractivity contribution in [3.05, 3.63) is 77.9 Å². The SMILES string of the molecule is O=C1CCC(N2C(=O)c3ccc(N4CCC5(CCC(CN6CCC(n7cc8cc(NC(=O)c9cnn%10cccnc9%10)c(OCC9CC9)cc8n7)CC6)CC5)CC4)cc3C2=O)C(=O)N1. The van der Waals surface area contributed by atoms with Crippen molar-refractivity contribution in [2.75, 3.05) is 49.5 Å². The van der Waals surface area contributed by atoms with E-state index in [-0.39, 0.29) is 24.7 Å². The number of ether oxygens (including phenoxy) is 1. The molecule has 2 aromatic carbocycles. The second-order valence-corrected chi connectivity index (χ2v) is 18.8. The molecule has 16 nitrogen and oxygen atoms in total. The van der Waals surface area contributed by atoms with Crippen LogP contribution < -0.4 is 20.3 Å². The number of rotatable bonds is 10. The molecular weight excluding hydrogens is 801 g/mol. The van der Waals surface area contributed by atoms with Crippen LogP contribution in [0.4, 0.5) is 11.4 Å². The van der Waals surface area contributed by atoms with Crippen molar-refractivity contribution < 1.29 is 28.7 Å². The van der Waals surface area contributed by atoms with Crippen molar-refractivity contribution in [2.45, 2.75) is 89.1 Å². The molecule has 2 N–H and O–H groups in total. The van der Waals surface area contributed by atoms with E-state index in [1.165, 1.54) is 38.5 Å². The van der Waals surface area contributed by atoms with Gasteiger partial charge in [0.2, 0.25) is 11.8 Å². The van der Waals surface area contributed by atoms with Gasteiger partial charge in [0.25, 0.3) is 17.7 Å². The number of aromatic nitrogens is 5. The molecule has 6 aliphatic rings. The van der Waals surface area contributed by atoms with Gasteiger partial charge in [-0.2, -0.15) is 10.2 Å². The first kappa shape index (κ1) is 39.7. The Labute approximate surface area is 364 Å². The van der Waals surface area contributed by atoms with Gasteiger partial charge < -0.3 is 19.9 Å². The zero-order chi connectivity index (χ0) is 42.8. The molecule has 11 rings (SSSR count). The number of anilines is 2. The highest BCUT2D eigenvalue weighted by atomic mass is 16.5. The smallest absolute Gasteiger partial charge is 0.262 e. The number of likely N-dealkylation sites (tertiary alicyclic amines) is 1. The lowest BCUT2D eigenvalue weighted by atomic mass is 9.65. The highest BCUT2D eigenvalue weighted by Crippen LogP contribution is 2.47. The van der Waals surface area contributed by atoms with Gasteiger partial charge in [0, 0.05) is 74.9 Å². The molecule has 326 valence electrons. The first-order valence-corrected chi connectivity index (χ1v) is 22.8. The van der Waals surface area contributed by atoms with Crippen molar-refractivity contribution in [3.8, 4) is 5.75 Å². The summed E-state index contributed by atoms with van der Waals surface area (Å²) in [6.45, 7) is 5.66. The van der Waals surface area contributed by atoms with E-state index >= 15 is 0 Å². The fourth-order valence-corrected chi connectivity index (χ4v) is 10.7. The van der Waals surface area contributed by atoms with Crippen LogP contribution in [0.3, 0.4) is 0 Å². The number of piperidine rings is 3. The average molecular weight is 853 g/mol. The number of carbonyl (C=O) groups is 5. The van der Waals surface area contributed by atoms with E-state index in [0.29, 0.717) is 63.7 Å². The maximum atomic E-state index is 13.5. The van der Waals surface area contributed by atoms with E-state index in [2.05, 4.69) is 41.4 Å². The molecule has 4 aliphatic heterocycles. The Morgan fingerprint density at radius 2 is 1.67 bits per heavy atom. The summed E-state index contributed by atoms with van der Waals surface area (Å²) in [7, 11) is 0. The van der Waals surface area contributed by atoms with E-state index in [0.717, 1.165) is 79.9 Å². The third-order valence-electron chi connectivity index (χ3n) is 14.8. The fraction of sp³-hybridized carbons (Fsp3) is 0.489. The van der Waals surface area contributed by atoms with Crippen LogP contribution in [0.5, 0.6) is 5.75 Å².